The number of carbonyl (C=O) groups is 2. The number of methoxy groups -OCH3 is 1. The van der Waals surface area contributed by atoms with Crippen LogP contribution < -0.4 is 0 Å². The first-order valence-electron chi connectivity index (χ1n) is 4.73. The van der Waals surface area contributed by atoms with Crippen LogP contribution >= 0.6 is 11.8 Å². The molecule has 2 rings (SSSR count). The van der Waals surface area contributed by atoms with Crippen molar-refractivity contribution in [3.8, 4) is 0 Å². The average Bonchev–Trinajstić information content (AvgIpc) is 2.89. The Balaban J connectivity index is 2.13. The summed E-state index contributed by atoms with van der Waals surface area (Å²) in [7, 11) is 1.30. The third-order valence-electron chi connectivity index (χ3n) is 2.28. The zero-order valence-electron chi connectivity index (χ0n) is 8.71. The molecule has 2 heterocycles. The van der Waals surface area contributed by atoms with Crippen molar-refractivity contribution in [2.45, 2.75) is 5.37 Å². The van der Waals surface area contributed by atoms with E-state index >= 15 is 0 Å². The SMILES string of the molecule is COC(=O)CN1C(=O)CSC1c1ccco1. The van der Waals surface area contributed by atoms with E-state index in [2.05, 4.69) is 4.74 Å². The highest BCUT2D eigenvalue weighted by Crippen LogP contribution is 2.38. The summed E-state index contributed by atoms with van der Waals surface area (Å²) in [5.41, 5.74) is 0. The normalized spacial score (nSPS) is 20.2. The number of furan rings is 1. The molecule has 86 valence electrons. The Bertz CT molecular complexity index is 390. The van der Waals surface area contributed by atoms with Crippen LogP contribution in [0.25, 0.3) is 0 Å². The van der Waals surface area contributed by atoms with Gasteiger partial charge in [0.15, 0.2) is 0 Å². The standard InChI is InChI=1S/C10H11NO4S/c1-14-9(13)5-11-8(12)6-16-10(11)7-3-2-4-15-7/h2-4,10H,5-6H2,1H3. The van der Waals surface area contributed by atoms with Gasteiger partial charge in [0.25, 0.3) is 0 Å². The summed E-state index contributed by atoms with van der Waals surface area (Å²) in [4.78, 5) is 24.2. The maximum absolute atomic E-state index is 11.6. The maximum atomic E-state index is 11.6. The summed E-state index contributed by atoms with van der Waals surface area (Å²) in [6.07, 6.45) is 1.55. The van der Waals surface area contributed by atoms with Gasteiger partial charge in [-0.15, -0.1) is 11.8 Å². The molecule has 1 atom stereocenters. The summed E-state index contributed by atoms with van der Waals surface area (Å²) in [5, 5.41) is -0.221. The smallest absolute Gasteiger partial charge is 0.325 e. The van der Waals surface area contributed by atoms with Crippen molar-refractivity contribution in [2.75, 3.05) is 19.4 Å². The Hall–Kier alpha value is -1.43. The van der Waals surface area contributed by atoms with Crippen LogP contribution in [0, 0.1) is 0 Å². The lowest BCUT2D eigenvalue weighted by Crippen LogP contribution is -2.33. The van der Waals surface area contributed by atoms with E-state index in [0.717, 1.165) is 0 Å². The van der Waals surface area contributed by atoms with Crippen molar-refractivity contribution in [1.29, 1.82) is 0 Å². The molecule has 0 bridgehead atoms. The summed E-state index contributed by atoms with van der Waals surface area (Å²) >= 11 is 1.44. The molecule has 1 amide bonds. The molecule has 1 aliphatic rings. The van der Waals surface area contributed by atoms with Crippen LogP contribution in [0.2, 0.25) is 0 Å². The molecule has 1 aliphatic heterocycles. The van der Waals surface area contributed by atoms with Crippen molar-refractivity contribution in [3.05, 3.63) is 24.2 Å². The largest absolute Gasteiger partial charge is 0.468 e. The van der Waals surface area contributed by atoms with Crippen LogP contribution in [0.1, 0.15) is 11.1 Å². The second-order valence-electron chi connectivity index (χ2n) is 3.28. The van der Waals surface area contributed by atoms with Gasteiger partial charge in [0.05, 0.1) is 19.1 Å². The van der Waals surface area contributed by atoms with Crippen molar-refractivity contribution in [1.82, 2.24) is 4.90 Å². The fraction of sp³-hybridized carbons (Fsp3) is 0.400. The predicted octanol–water partition coefficient (Wildman–Crippen LogP) is 1.03. The molecule has 0 aliphatic carbocycles. The predicted molar refractivity (Wildman–Crippen MR) is 57.6 cm³/mol. The molecular formula is C10H11NO4S. The van der Waals surface area contributed by atoms with Gasteiger partial charge in [-0.1, -0.05) is 0 Å². The van der Waals surface area contributed by atoms with E-state index in [1.165, 1.54) is 23.8 Å². The number of esters is 1. The third kappa shape index (κ3) is 2.06. The molecule has 1 unspecified atom stereocenters. The number of thioether (sulfide) groups is 1. The van der Waals surface area contributed by atoms with Crippen LogP contribution in [-0.4, -0.2) is 36.2 Å². The number of amides is 1. The van der Waals surface area contributed by atoms with E-state index in [1.807, 2.05) is 0 Å². The Morgan fingerprint density at radius 3 is 3.19 bits per heavy atom. The van der Waals surface area contributed by atoms with Gasteiger partial charge in [-0.05, 0) is 12.1 Å². The highest BCUT2D eigenvalue weighted by molar-refractivity contribution is 8.00. The number of hydrogen-bond acceptors (Lipinski definition) is 5. The van der Waals surface area contributed by atoms with Crippen molar-refractivity contribution in [2.24, 2.45) is 0 Å². The number of rotatable bonds is 3. The topological polar surface area (TPSA) is 59.8 Å². The van der Waals surface area contributed by atoms with Gasteiger partial charge in [-0.25, -0.2) is 0 Å². The molecule has 0 N–H and O–H groups in total. The van der Waals surface area contributed by atoms with E-state index < -0.39 is 5.97 Å². The minimum absolute atomic E-state index is 0.0340. The second kappa shape index (κ2) is 4.61. The lowest BCUT2D eigenvalue weighted by molar-refractivity contribution is -0.146. The van der Waals surface area contributed by atoms with Crippen LogP contribution in [0.15, 0.2) is 22.8 Å². The van der Waals surface area contributed by atoms with E-state index in [4.69, 9.17) is 4.42 Å². The minimum Gasteiger partial charge on any atom is -0.468 e. The summed E-state index contributed by atoms with van der Waals surface area (Å²) in [5.74, 6) is 0.548. The van der Waals surface area contributed by atoms with Gasteiger partial charge < -0.3 is 14.1 Å². The lowest BCUT2D eigenvalue weighted by Gasteiger charge is -2.20. The molecule has 6 heteroatoms. The molecule has 1 fully saturated rings. The van der Waals surface area contributed by atoms with Gasteiger partial charge in [-0.2, -0.15) is 0 Å². The van der Waals surface area contributed by atoms with Gasteiger partial charge in [0.1, 0.15) is 17.7 Å². The monoisotopic (exact) mass is 241 g/mol. The minimum atomic E-state index is -0.424. The highest BCUT2D eigenvalue weighted by Gasteiger charge is 2.35. The molecule has 1 aromatic heterocycles. The summed E-state index contributed by atoms with van der Waals surface area (Å²) in [6.45, 7) is -0.0340. The molecular weight excluding hydrogens is 230 g/mol. The number of hydrogen-bond donors (Lipinski definition) is 0. The van der Waals surface area contributed by atoms with Gasteiger partial charge >= 0.3 is 5.97 Å². The van der Waals surface area contributed by atoms with Crippen molar-refractivity contribution < 1.29 is 18.7 Å². The molecule has 16 heavy (non-hydrogen) atoms. The highest BCUT2D eigenvalue weighted by atomic mass is 32.2. The summed E-state index contributed by atoms with van der Waals surface area (Å²) in [6, 6.07) is 3.55. The Morgan fingerprint density at radius 1 is 1.75 bits per heavy atom. The maximum Gasteiger partial charge on any atom is 0.325 e. The second-order valence-corrected chi connectivity index (χ2v) is 4.35. The first-order valence-corrected chi connectivity index (χ1v) is 5.78. The molecule has 0 saturated carbocycles. The fourth-order valence-electron chi connectivity index (χ4n) is 1.50. The van der Waals surface area contributed by atoms with Crippen molar-refractivity contribution >= 4 is 23.6 Å². The lowest BCUT2D eigenvalue weighted by atomic mass is 10.3. The van der Waals surface area contributed by atoms with E-state index in [1.54, 1.807) is 18.4 Å². The van der Waals surface area contributed by atoms with E-state index in [0.29, 0.717) is 11.5 Å². The number of ether oxygens (including phenoxy) is 1. The van der Waals surface area contributed by atoms with Crippen molar-refractivity contribution in [3.63, 3.8) is 0 Å². The summed E-state index contributed by atoms with van der Waals surface area (Å²) < 4.78 is 9.80. The Kier molecular flexibility index (Phi) is 3.19. The number of carbonyl (C=O) groups excluding carboxylic acids is 2. The van der Waals surface area contributed by atoms with E-state index in [-0.39, 0.29) is 17.8 Å². The van der Waals surface area contributed by atoms with Crippen LogP contribution in [0.5, 0.6) is 0 Å². The van der Waals surface area contributed by atoms with Gasteiger partial charge in [0.2, 0.25) is 5.91 Å². The molecule has 5 nitrogen and oxygen atoms in total. The quantitative estimate of drug-likeness (QED) is 0.740. The molecule has 0 radical (unpaired) electrons. The number of nitrogens with zero attached hydrogens (tertiary/aromatic N) is 1. The molecule has 1 saturated heterocycles. The van der Waals surface area contributed by atoms with Gasteiger partial charge in [-0.3, -0.25) is 9.59 Å². The van der Waals surface area contributed by atoms with Gasteiger partial charge in [0, 0.05) is 0 Å². The molecule has 1 aromatic rings. The zero-order valence-corrected chi connectivity index (χ0v) is 9.53. The first kappa shape index (κ1) is 11.1. The van der Waals surface area contributed by atoms with Crippen LogP contribution in [0.3, 0.4) is 0 Å². The third-order valence-corrected chi connectivity index (χ3v) is 3.50. The first-order chi connectivity index (χ1) is 7.72. The fourth-order valence-corrected chi connectivity index (χ4v) is 2.63. The molecule has 0 spiro atoms. The van der Waals surface area contributed by atoms with Crippen LogP contribution in [0.4, 0.5) is 0 Å². The average molecular weight is 241 g/mol. The zero-order chi connectivity index (χ0) is 11.5. The van der Waals surface area contributed by atoms with Crippen LogP contribution in [-0.2, 0) is 14.3 Å². The molecule has 0 aromatic carbocycles. The Morgan fingerprint density at radius 2 is 2.56 bits per heavy atom. The van der Waals surface area contributed by atoms with E-state index in [9.17, 15) is 9.59 Å². The Labute approximate surface area is 96.7 Å².